The van der Waals surface area contributed by atoms with Gasteiger partial charge in [-0.25, -0.2) is 0 Å². The highest BCUT2D eigenvalue weighted by molar-refractivity contribution is 7.99. The molecule has 1 rings (SSSR count). The monoisotopic (exact) mass is 187 g/mol. The first kappa shape index (κ1) is 9.90. The average molecular weight is 187 g/mol. The van der Waals surface area contributed by atoms with Gasteiger partial charge in [0, 0.05) is 18.2 Å². The normalized spacial score (nSPS) is 18.9. The van der Waals surface area contributed by atoms with Crippen LogP contribution in [-0.4, -0.2) is 28.5 Å². The zero-order valence-electron chi connectivity index (χ0n) is 7.88. The van der Waals surface area contributed by atoms with E-state index in [9.17, 15) is 4.79 Å². The van der Waals surface area contributed by atoms with Crippen molar-refractivity contribution in [2.45, 2.75) is 38.4 Å². The summed E-state index contributed by atoms with van der Waals surface area (Å²) in [5, 5.41) is 0.625. The second-order valence-electron chi connectivity index (χ2n) is 3.46. The van der Waals surface area contributed by atoms with Gasteiger partial charge in [0.15, 0.2) is 0 Å². The van der Waals surface area contributed by atoms with Gasteiger partial charge in [-0.15, -0.1) is 11.8 Å². The number of likely N-dealkylation sites (tertiary alicyclic amines) is 1. The minimum Gasteiger partial charge on any atom is -0.333 e. The van der Waals surface area contributed by atoms with Gasteiger partial charge in [-0.2, -0.15) is 0 Å². The smallest absolute Gasteiger partial charge is 0.223 e. The lowest BCUT2D eigenvalue weighted by molar-refractivity contribution is -0.132. The van der Waals surface area contributed by atoms with Gasteiger partial charge in [0.05, 0.1) is 5.88 Å². The third-order valence-corrected chi connectivity index (χ3v) is 3.11. The summed E-state index contributed by atoms with van der Waals surface area (Å²) in [6.07, 6.45) is 3.03. The fourth-order valence-corrected chi connectivity index (χ4v) is 1.99. The zero-order valence-corrected chi connectivity index (χ0v) is 8.69. The number of piperidine rings is 1. The van der Waals surface area contributed by atoms with Gasteiger partial charge in [-0.3, -0.25) is 4.79 Å². The molecular formula is C9H17NOS. The lowest BCUT2D eigenvalue weighted by Gasteiger charge is -2.26. The second-order valence-corrected chi connectivity index (χ2v) is 4.99. The van der Waals surface area contributed by atoms with E-state index >= 15 is 0 Å². The summed E-state index contributed by atoms with van der Waals surface area (Å²) in [5.74, 6) is 1.23. The van der Waals surface area contributed by atoms with Crippen LogP contribution in [0.3, 0.4) is 0 Å². The van der Waals surface area contributed by atoms with Crippen LogP contribution in [-0.2, 0) is 4.79 Å². The standard InChI is InChI=1S/C9H17NOS/c1-8(2)12-7-10-6-4-3-5-9(10)11/h8H,3-7H2,1-2H3. The van der Waals surface area contributed by atoms with E-state index in [1.165, 1.54) is 6.42 Å². The highest BCUT2D eigenvalue weighted by atomic mass is 32.2. The Kier molecular flexibility index (Phi) is 3.92. The first-order chi connectivity index (χ1) is 5.70. The predicted octanol–water partition coefficient (Wildman–Crippen LogP) is 2.10. The lowest BCUT2D eigenvalue weighted by atomic mass is 10.1. The molecule has 0 aromatic carbocycles. The Hall–Kier alpha value is -0.180. The Bertz CT molecular complexity index is 159. The number of nitrogens with zero attached hydrogens (tertiary/aromatic N) is 1. The predicted molar refractivity (Wildman–Crippen MR) is 53.2 cm³/mol. The summed E-state index contributed by atoms with van der Waals surface area (Å²) in [5.41, 5.74) is 0. The molecule has 0 atom stereocenters. The second kappa shape index (κ2) is 4.75. The molecule has 0 bridgehead atoms. The quantitative estimate of drug-likeness (QED) is 0.674. The molecule has 1 aliphatic heterocycles. The molecule has 0 aliphatic carbocycles. The topological polar surface area (TPSA) is 20.3 Å². The number of rotatable bonds is 3. The number of carbonyl (C=O) groups is 1. The molecule has 0 aromatic rings. The van der Waals surface area contributed by atoms with Gasteiger partial charge in [0.25, 0.3) is 0 Å². The molecule has 0 unspecified atom stereocenters. The minimum absolute atomic E-state index is 0.342. The van der Waals surface area contributed by atoms with E-state index in [-0.39, 0.29) is 0 Å². The fraction of sp³-hybridized carbons (Fsp3) is 0.889. The third-order valence-electron chi connectivity index (χ3n) is 1.99. The molecule has 0 spiro atoms. The van der Waals surface area contributed by atoms with Gasteiger partial charge < -0.3 is 4.90 Å². The third kappa shape index (κ3) is 3.05. The van der Waals surface area contributed by atoms with Crippen molar-refractivity contribution in [1.82, 2.24) is 4.90 Å². The first-order valence-corrected chi connectivity index (χ1v) is 5.64. The molecule has 1 heterocycles. The van der Waals surface area contributed by atoms with Crippen LogP contribution in [0.15, 0.2) is 0 Å². The Balaban J connectivity index is 2.25. The molecule has 2 nitrogen and oxygen atoms in total. The molecule has 1 aliphatic rings. The van der Waals surface area contributed by atoms with Crippen molar-refractivity contribution in [3.8, 4) is 0 Å². The van der Waals surface area contributed by atoms with Crippen LogP contribution < -0.4 is 0 Å². The number of carbonyl (C=O) groups excluding carboxylic acids is 1. The van der Waals surface area contributed by atoms with E-state index in [2.05, 4.69) is 13.8 Å². The first-order valence-electron chi connectivity index (χ1n) is 4.59. The molecule has 0 radical (unpaired) electrons. The van der Waals surface area contributed by atoms with Gasteiger partial charge in [-0.05, 0) is 12.8 Å². The molecule has 0 N–H and O–H groups in total. The maximum Gasteiger partial charge on any atom is 0.223 e. The van der Waals surface area contributed by atoms with E-state index in [0.717, 1.165) is 25.3 Å². The molecule has 12 heavy (non-hydrogen) atoms. The molecule has 3 heteroatoms. The summed E-state index contributed by atoms with van der Waals surface area (Å²) in [6.45, 7) is 5.30. The molecule has 1 amide bonds. The molecular weight excluding hydrogens is 170 g/mol. The Labute approximate surface area is 78.7 Å². The van der Waals surface area contributed by atoms with Crippen molar-refractivity contribution in [2.24, 2.45) is 0 Å². The number of thioether (sulfide) groups is 1. The summed E-state index contributed by atoms with van der Waals surface area (Å²) < 4.78 is 0. The van der Waals surface area contributed by atoms with Crippen LogP contribution in [0.2, 0.25) is 0 Å². The van der Waals surface area contributed by atoms with E-state index in [0.29, 0.717) is 11.2 Å². The van der Waals surface area contributed by atoms with Gasteiger partial charge in [-0.1, -0.05) is 13.8 Å². The van der Waals surface area contributed by atoms with E-state index in [1.807, 2.05) is 16.7 Å². The van der Waals surface area contributed by atoms with Crippen LogP contribution >= 0.6 is 11.8 Å². The maximum absolute atomic E-state index is 11.3. The van der Waals surface area contributed by atoms with Crippen molar-refractivity contribution in [2.75, 3.05) is 12.4 Å². The highest BCUT2D eigenvalue weighted by Crippen LogP contribution is 2.16. The van der Waals surface area contributed by atoms with Crippen LogP contribution in [0.4, 0.5) is 0 Å². The Morgan fingerprint density at radius 1 is 1.50 bits per heavy atom. The number of hydrogen-bond acceptors (Lipinski definition) is 2. The van der Waals surface area contributed by atoms with Crippen LogP contribution in [0.1, 0.15) is 33.1 Å². The van der Waals surface area contributed by atoms with Crippen molar-refractivity contribution in [3.05, 3.63) is 0 Å². The van der Waals surface area contributed by atoms with Gasteiger partial charge in [0.2, 0.25) is 5.91 Å². The summed E-state index contributed by atoms with van der Waals surface area (Å²) in [4.78, 5) is 13.3. The lowest BCUT2D eigenvalue weighted by Crippen LogP contribution is -2.35. The van der Waals surface area contributed by atoms with Crippen molar-refractivity contribution < 1.29 is 4.79 Å². The fourth-order valence-electron chi connectivity index (χ4n) is 1.24. The maximum atomic E-state index is 11.3. The van der Waals surface area contributed by atoms with E-state index in [1.54, 1.807) is 0 Å². The van der Waals surface area contributed by atoms with E-state index in [4.69, 9.17) is 0 Å². The van der Waals surface area contributed by atoms with Crippen molar-refractivity contribution in [1.29, 1.82) is 0 Å². The van der Waals surface area contributed by atoms with Crippen LogP contribution in [0.25, 0.3) is 0 Å². The summed E-state index contributed by atoms with van der Waals surface area (Å²) >= 11 is 1.85. The Morgan fingerprint density at radius 3 is 2.83 bits per heavy atom. The SMILES string of the molecule is CC(C)SCN1CCCCC1=O. The number of amides is 1. The van der Waals surface area contributed by atoms with Gasteiger partial charge >= 0.3 is 0 Å². The summed E-state index contributed by atoms with van der Waals surface area (Å²) in [6, 6.07) is 0. The van der Waals surface area contributed by atoms with Crippen LogP contribution in [0.5, 0.6) is 0 Å². The summed E-state index contributed by atoms with van der Waals surface area (Å²) in [7, 11) is 0. The Morgan fingerprint density at radius 2 is 2.25 bits per heavy atom. The molecule has 0 saturated carbocycles. The molecule has 70 valence electrons. The van der Waals surface area contributed by atoms with E-state index < -0.39 is 0 Å². The van der Waals surface area contributed by atoms with Crippen molar-refractivity contribution in [3.63, 3.8) is 0 Å². The molecule has 1 fully saturated rings. The van der Waals surface area contributed by atoms with Crippen LogP contribution in [0, 0.1) is 0 Å². The zero-order chi connectivity index (χ0) is 8.97. The van der Waals surface area contributed by atoms with Crippen molar-refractivity contribution >= 4 is 17.7 Å². The highest BCUT2D eigenvalue weighted by Gasteiger charge is 2.17. The minimum atomic E-state index is 0.342. The average Bonchev–Trinajstić information content (AvgIpc) is 2.03. The van der Waals surface area contributed by atoms with Gasteiger partial charge in [0.1, 0.15) is 0 Å². The molecule has 1 saturated heterocycles. The largest absolute Gasteiger partial charge is 0.333 e. The number of hydrogen-bond donors (Lipinski definition) is 0. The molecule has 0 aromatic heterocycles.